The average Bonchev–Trinajstić information content (AvgIpc) is 2.94. The lowest BCUT2D eigenvalue weighted by Crippen LogP contribution is -2.19. The lowest BCUT2D eigenvalue weighted by atomic mass is 10.1. The van der Waals surface area contributed by atoms with E-state index in [9.17, 15) is 4.79 Å². The molecule has 0 aliphatic carbocycles. The van der Waals surface area contributed by atoms with Crippen molar-refractivity contribution in [2.45, 2.75) is 0 Å². The number of urea groups is 1. The summed E-state index contributed by atoms with van der Waals surface area (Å²) in [4.78, 5) is 15.1. The van der Waals surface area contributed by atoms with Crippen LogP contribution < -0.4 is 15.8 Å². The standard InChI is InChI=1S/C13H15N3O4/c1-18-6-7-19-9-2-3-11(16-13(14)17)10(8-9)12-15-4-5-20-12/h2-5,8H,6-7H2,1H3,(H3,14,16,17). The van der Waals surface area contributed by atoms with Crippen molar-refractivity contribution in [3.63, 3.8) is 0 Å². The van der Waals surface area contributed by atoms with E-state index in [0.717, 1.165) is 0 Å². The van der Waals surface area contributed by atoms with Crippen LogP contribution in [0, 0.1) is 0 Å². The topological polar surface area (TPSA) is 99.6 Å². The Kier molecular flexibility index (Phi) is 4.56. The van der Waals surface area contributed by atoms with Gasteiger partial charge in [0, 0.05) is 7.11 Å². The van der Waals surface area contributed by atoms with Crippen molar-refractivity contribution in [3.05, 3.63) is 30.7 Å². The summed E-state index contributed by atoms with van der Waals surface area (Å²) >= 11 is 0. The Morgan fingerprint density at radius 2 is 2.30 bits per heavy atom. The first-order valence-electron chi connectivity index (χ1n) is 5.93. The highest BCUT2D eigenvalue weighted by molar-refractivity contribution is 5.92. The quantitative estimate of drug-likeness (QED) is 0.785. The van der Waals surface area contributed by atoms with Gasteiger partial charge in [-0.1, -0.05) is 0 Å². The van der Waals surface area contributed by atoms with Gasteiger partial charge in [-0.15, -0.1) is 0 Å². The Morgan fingerprint density at radius 3 is 2.95 bits per heavy atom. The fourth-order valence-electron chi connectivity index (χ4n) is 1.63. The van der Waals surface area contributed by atoms with E-state index in [1.54, 1.807) is 25.3 Å². The predicted octanol–water partition coefficient (Wildman–Crippen LogP) is 1.86. The molecule has 0 aliphatic heterocycles. The number of nitrogens with two attached hydrogens (primary N) is 1. The number of benzene rings is 1. The van der Waals surface area contributed by atoms with Crippen LogP contribution in [0.25, 0.3) is 11.5 Å². The second-order valence-corrected chi connectivity index (χ2v) is 3.88. The molecule has 20 heavy (non-hydrogen) atoms. The highest BCUT2D eigenvalue weighted by Crippen LogP contribution is 2.30. The van der Waals surface area contributed by atoms with Gasteiger partial charge < -0.3 is 24.9 Å². The Morgan fingerprint density at radius 1 is 1.45 bits per heavy atom. The van der Waals surface area contributed by atoms with Gasteiger partial charge in [0.1, 0.15) is 18.6 Å². The summed E-state index contributed by atoms with van der Waals surface area (Å²) in [7, 11) is 1.60. The van der Waals surface area contributed by atoms with Crippen molar-refractivity contribution >= 4 is 11.7 Å². The molecule has 0 spiro atoms. The molecule has 2 aromatic rings. The number of primary amides is 1. The lowest BCUT2D eigenvalue weighted by Gasteiger charge is -2.10. The second kappa shape index (κ2) is 6.58. The van der Waals surface area contributed by atoms with Crippen LogP contribution in [0.4, 0.5) is 10.5 Å². The Bertz CT molecular complexity index is 569. The zero-order chi connectivity index (χ0) is 14.4. The van der Waals surface area contributed by atoms with Crippen LogP contribution in [0.1, 0.15) is 0 Å². The zero-order valence-electron chi connectivity index (χ0n) is 11.0. The largest absolute Gasteiger partial charge is 0.491 e. The molecule has 0 saturated carbocycles. The molecule has 3 N–H and O–H groups in total. The summed E-state index contributed by atoms with van der Waals surface area (Å²) in [5.41, 5.74) is 6.22. The van der Waals surface area contributed by atoms with Crippen molar-refractivity contribution in [1.82, 2.24) is 4.98 Å². The van der Waals surface area contributed by atoms with E-state index in [4.69, 9.17) is 19.6 Å². The van der Waals surface area contributed by atoms with E-state index in [1.807, 2.05) is 0 Å². The minimum atomic E-state index is -0.661. The number of carbonyl (C=O) groups excluding carboxylic acids is 1. The van der Waals surface area contributed by atoms with Crippen LogP contribution >= 0.6 is 0 Å². The van der Waals surface area contributed by atoms with Crippen LogP contribution in [0.15, 0.2) is 35.1 Å². The molecule has 106 valence electrons. The maximum Gasteiger partial charge on any atom is 0.316 e. The number of nitrogens with zero attached hydrogens (tertiary/aromatic N) is 1. The SMILES string of the molecule is COCCOc1ccc(NC(N)=O)c(-c2ncco2)c1. The number of amides is 2. The van der Waals surface area contributed by atoms with Crippen molar-refractivity contribution in [1.29, 1.82) is 0 Å². The maximum absolute atomic E-state index is 11.0. The van der Waals surface area contributed by atoms with Crippen LogP contribution in [0.5, 0.6) is 5.75 Å². The van der Waals surface area contributed by atoms with Gasteiger partial charge >= 0.3 is 6.03 Å². The number of aromatic nitrogens is 1. The molecule has 0 fully saturated rings. The van der Waals surface area contributed by atoms with Crippen molar-refractivity contribution in [3.8, 4) is 17.2 Å². The van der Waals surface area contributed by atoms with Gasteiger partial charge in [-0.2, -0.15) is 0 Å². The molecule has 0 radical (unpaired) electrons. The normalized spacial score (nSPS) is 10.2. The Labute approximate surface area is 115 Å². The van der Waals surface area contributed by atoms with Gasteiger partial charge in [0.05, 0.1) is 24.1 Å². The smallest absolute Gasteiger partial charge is 0.316 e. The van der Waals surface area contributed by atoms with Gasteiger partial charge in [0.15, 0.2) is 0 Å². The summed E-state index contributed by atoms with van der Waals surface area (Å²) in [6.45, 7) is 0.903. The van der Waals surface area contributed by atoms with E-state index >= 15 is 0 Å². The van der Waals surface area contributed by atoms with Gasteiger partial charge in [-0.05, 0) is 18.2 Å². The fraction of sp³-hybridized carbons (Fsp3) is 0.231. The number of methoxy groups -OCH3 is 1. The third-order valence-electron chi connectivity index (χ3n) is 2.47. The summed E-state index contributed by atoms with van der Waals surface area (Å²) in [6.07, 6.45) is 2.96. The monoisotopic (exact) mass is 277 g/mol. The van der Waals surface area contributed by atoms with E-state index in [0.29, 0.717) is 36.1 Å². The number of hydrogen-bond donors (Lipinski definition) is 2. The number of oxazole rings is 1. The molecule has 1 heterocycles. The maximum atomic E-state index is 11.0. The van der Waals surface area contributed by atoms with Crippen molar-refractivity contribution < 1.29 is 18.7 Å². The number of nitrogens with one attached hydrogen (secondary N) is 1. The summed E-state index contributed by atoms with van der Waals surface area (Å²) in [6, 6.07) is 4.44. The molecule has 0 unspecified atom stereocenters. The minimum absolute atomic E-state index is 0.367. The molecule has 0 aliphatic rings. The lowest BCUT2D eigenvalue weighted by molar-refractivity contribution is 0.146. The molecule has 1 aromatic carbocycles. The third kappa shape index (κ3) is 3.48. The van der Waals surface area contributed by atoms with E-state index < -0.39 is 6.03 Å². The molecule has 0 bridgehead atoms. The molecule has 1 aromatic heterocycles. The van der Waals surface area contributed by atoms with Crippen LogP contribution in [-0.4, -0.2) is 31.3 Å². The Balaban J connectivity index is 2.27. The first-order valence-corrected chi connectivity index (χ1v) is 5.93. The molecule has 2 rings (SSSR count). The van der Waals surface area contributed by atoms with E-state index in [-0.39, 0.29) is 0 Å². The molecular weight excluding hydrogens is 262 g/mol. The average molecular weight is 277 g/mol. The highest BCUT2D eigenvalue weighted by atomic mass is 16.5. The summed E-state index contributed by atoms with van der Waals surface area (Å²) < 4.78 is 15.7. The number of ether oxygens (including phenoxy) is 2. The third-order valence-corrected chi connectivity index (χ3v) is 2.47. The number of rotatable bonds is 6. The van der Waals surface area contributed by atoms with Gasteiger partial charge in [0.25, 0.3) is 0 Å². The van der Waals surface area contributed by atoms with Gasteiger partial charge in [-0.25, -0.2) is 9.78 Å². The minimum Gasteiger partial charge on any atom is -0.491 e. The van der Waals surface area contributed by atoms with E-state index in [1.165, 1.54) is 12.5 Å². The first kappa shape index (κ1) is 13.9. The molecule has 7 nitrogen and oxygen atoms in total. The van der Waals surface area contributed by atoms with Crippen LogP contribution in [0.3, 0.4) is 0 Å². The van der Waals surface area contributed by atoms with Gasteiger partial charge in [0.2, 0.25) is 5.89 Å². The predicted molar refractivity (Wildman–Crippen MR) is 72.5 cm³/mol. The summed E-state index contributed by atoms with van der Waals surface area (Å²) in [5, 5.41) is 2.51. The molecule has 7 heteroatoms. The molecule has 0 saturated heterocycles. The first-order chi connectivity index (χ1) is 9.70. The highest BCUT2D eigenvalue weighted by Gasteiger charge is 2.12. The number of hydrogen-bond acceptors (Lipinski definition) is 5. The molecule has 0 atom stereocenters. The Hall–Kier alpha value is -2.54. The van der Waals surface area contributed by atoms with Crippen molar-refractivity contribution in [2.75, 3.05) is 25.6 Å². The zero-order valence-corrected chi connectivity index (χ0v) is 11.0. The number of anilines is 1. The van der Waals surface area contributed by atoms with Crippen LogP contribution in [-0.2, 0) is 4.74 Å². The number of carbonyl (C=O) groups is 1. The van der Waals surface area contributed by atoms with Crippen LogP contribution in [0.2, 0.25) is 0 Å². The van der Waals surface area contributed by atoms with E-state index in [2.05, 4.69) is 10.3 Å². The summed E-state index contributed by atoms with van der Waals surface area (Å²) in [5.74, 6) is 0.983. The molecular formula is C13H15N3O4. The van der Waals surface area contributed by atoms with Gasteiger partial charge in [-0.3, -0.25) is 0 Å². The van der Waals surface area contributed by atoms with Crippen molar-refractivity contribution in [2.24, 2.45) is 5.73 Å². The molecule has 2 amide bonds. The second-order valence-electron chi connectivity index (χ2n) is 3.88. The fourth-order valence-corrected chi connectivity index (χ4v) is 1.63.